The fourth-order valence-electron chi connectivity index (χ4n) is 0.102. The molecule has 0 radical (unpaired) electrons. The third-order valence-corrected chi connectivity index (χ3v) is 0.764. The zero-order valence-corrected chi connectivity index (χ0v) is 4.60. The van der Waals surface area contributed by atoms with Crippen molar-refractivity contribution in [1.29, 1.82) is 0 Å². The molecule has 0 atom stereocenters. The molecule has 0 unspecified atom stereocenters. The van der Waals surface area contributed by atoms with Crippen molar-refractivity contribution in [3.05, 3.63) is 0 Å². The molecule has 0 saturated carbocycles. The molecule has 0 heterocycles. The summed E-state index contributed by atoms with van der Waals surface area (Å²) in [5, 5.41) is 8.59. The molecular formula is C4H10N3+. The Bertz CT molecular complexity index is 104. The molecule has 7 heavy (non-hydrogen) atoms. The molecule has 3 nitrogen and oxygen atoms in total. The smallest absolute Gasteiger partial charge is 0.192 e. The van der Waals surface area contributed by atoms with Crippen molar-refractivity contribution in [2.24, 2.45) is 10.9 Å². The highest BCUT2D eigenvalue weighted by molar-refractivity contribution is 6.37. The Morgan fingerprint density at radius 3 is 2.00 bits per heavy atom. The quantitative estimate of drug-likeness (QED) is 0.236. The Labute approximate surface area is 42.7 Å². The fourth-order valence-corrected chi connectivity index (χ4v) is 0.102. The minimum atomic E-state index is 0.669. The summed E-state index contributed by atoms with van der Waals surface area (Å²) in [6.07, 6.45) is 0. The van der Waals surface area contributed by atoms with Gasteiger partial charge in [0.15, 0.2) is 5.71 Å². The number of hydrogen-bond acceptors (Lipinski definition) is 2. The van der Waals surface area contributed by atoms with Crippen LogP contribution in [-0.4, -0.2) is 11.4 Å². The SMILES string of the molecule is CC(=[NH2+])C(C)=NN. The van der Waals surface area contributed by atoms with E-state index in [2.05, 4.69) is 5.10 Å². The maximum Gasteiger partial charge on any atom is 0.192 e. The third-order valence-electron chi connectivity index (χ3n) is 0.764. The van der Waals surface area contributed by atoms with Crippen molar-refractivity contribution in [3.63, 3.8) is 0 Å². The average molecular weight is 100 g/mol. The highest BCUT2D eigenvalue weighted by Gasteiger charge is 1.94. The number of nitrogens with two attached hydrogens (primary N) is 2. The van der Waals surface area contributed by atoms with Gasteiger partial charge >= 0.3 is 0 Å². The van der Waals surface area contributed by atoms with Crippen LogP contribution in [0, 0.1) is 0 Å². The summed E-state index contributed by atoms with van der Waals surface area (Å²) >= 11 is 0. The molecule has 0 bridgehead atoms. The Morgan fingerprint density at radius 1 is 1.57 bits per heavy atom. The summed E-state index contributed by atoms with van der Waals surface area (Å²) in [5.74, 6) is 4.86. The summed E-state index contributed by atoms with van der Waals surface area (Å²) in [4.78, 5) is 0. The van der Waals surface area contributed by atoms with Gasteiger partial charge < -0.3 is 5.84 Å². The van der Waals surface area contributed by atoms with Crippen LogP contribution in [-0.2, 0) is 0 Å². The Balaban J connectivity index is 3.82. The monoisotopic (exact) mass is 100 g/mol. The minimum Gasteiger partial charge on any atom is -0.323 e. The van der Waals surface area contributed by atoms with Crippen LogP contribution in [0.4, 0.5) is 0 Å². The van der Waals surface area contributed by atoms with Gasteiger partial charge in [0, 0.05) is 6.92 Å². The summed E-state index contributed by atoms with van der Waals surface area (Å²) in [6.45, 7) is 3.51. The molecule has 0 aliphatic carbocycles. The number of hydrazone groups is 1. The van der Waals surface area contributed by atoms with E-state index in [0.29, 0.717) is 11.4 Å². The van der Waals surface area contributed by atoms with Gasteiger partial charge in [0.1, 0.15) is 5.71 Å². The van der Waals surface area contributed by atoms with Gasteiger partial charge in [-0.2, -0.15) is 5.10 Å². The molecule has 40 valence electrons. The average Bonchev–Trinajstić information content (AvgIpc) is 1.65. The van der Waals surface area contributed by atoms with Crippen LogP contribution in [0.5, 0.6) is 0 Å². The number of nitrogens with zero attached hydrogens (tertiary/aromatic N) is 1. The molecule has 3 heteroatoms. The molecule has 0 amide bonds. The minimum absolute atomic E-state index is 0.669. The van der Waals surface area contributed by atoms with Crippen molar-refractivity contribution in [2.45, 2.75) is 13.8 Å². The lowest BCUT2D eigenvalue weighted by molar-refractivity contribution is -0.111. The maximum absolute atomic E-state index is 5.25. The summed E-state index contributed by atoms with van der Waals surface area (Å²) in [5.41, 5.74) is 1.36. The molecule has 0 spiro atoms. The van der Waals surface area contributed by atoms with Gasteiger partial charge in [0.25, 0.3) is 0 Å². The van der Waals surface area contributed by atoms with Crippen molar-refractivity contribution in [1.82, 2.24) is 0 Å². The van der Waals surface area contributed by atoms with Crippen LogP contribution >= 0.6 is 0 Å². The zero-order chi connectivity index (χ0) is 5.86. The molecule has 0 aliphatic rings. The lowest BCUT2D eigenvalue weighted by atomic mass is 10.3. The van der Waals surface area contributed by atoms with E-state index in [1.165, 1.54) is 0 Å². The van der Waals surface area contributed by atoms with E-state index in [0.717, 1.165) is 0 Å². The van der Waals surface area contributed by atoms with Crippen LogP contribution in [0.2, 0.25) is 0 Å². The second kappa shape index (κ2) is 2.34. The molecule has 0 fully saturated rings. The van der Waals surface area contributed by atoms with Gasteiger partial charge in [0.2, 0.25) is 0 Å². The van der Waals surface area contributed by atoms with E-state index in [4.69, 9.17) is 11.3 Å². The highest BCUT2D eigenvalue weighted by atomic mass is 15.1. The van der Waals surface area contributed by atoms with Crippen LogP contribution in [0.3, 0.4) is 0 Å². The van der Waals surface area contributed by atoms with Gasteiger partial charge in [-0.05, 0) is 6.92 Å². The molecule has 0 aromatic carbocycles. The Kier molecular flexibility index (Phi) is 2.05. The predicted octanol–water partition coefficient (Wildman–Crippen LogP) is -1.46. The van der Waals surface area contributed by atoms with Crippen LogP contribution in [0.25, 0.3) is 0 Å². The zero-order valence-electron chi connectivity index (χ0n) is 4.60. The van der Waals surface area contributed by atoms with Crippen LogP contribution in [0.1, 0.15) is 13.8 Å². The molecule has 0 rings (SSSR count). The van der Waals surface area contributed by atoms with E-state index < -0.39 is 0 Å². The van der Waals surface area contributed by atoms with Crippen molar-refractivity contribution in [2.75, 3.05) is 0 Å². The first-order chi connectivity index (χ1) is 3.18. The first-order valence-electron chi connectivity index (χ1n) is 2.02. The first kappa shape index (κ1) is 6.14. The van der Waals surface area contributed by atoms with Crippen molar-refractivity contribution >= 4 is 11.4 Å². The molecule has 4 N–H and O–H groups in total. The van der Waals surface area contributed by atoms with Gasteiger partial charge in [-0.15, -0.1) is 0 Å². The third kappa shape index (κ3) is 1.92. The lowest BCUT2D eigenvalue weighted by Gasteiger charge is -1.82. The molecular weight excluding hydrogens is 90.1 g/mol. The Morgan fingerprint density at radius 2 is 2.00 bits per heavy atom. The number of hydrogen-bond donors (Lipinski definition) is 2. The van der Waals surface area contributed by atoms with Crippen LogP contribution in [0.15, 0.2) is 5.10 Å². The van der Waals surface area contributed by atoms with Crippen molar-refractivity contribution < 1.29 is 5.41 Å². The van der Waals surface area contributed by atoms with E-state index in [1.807, 2.05) is 0 Å². The summed E-state index contributed by atoms with van der Waals surface area (Å²) < 4.78 is 0. The van der Waals surface area contributed by atoms with E-state index in [1.54, 1.807) is 13.8 Å². The first-order valence-corrected chi connectivity index (χ1v) is 2.02. The summed E-state index contributed by atoms with van der Waals surface area (Å²) in [6, 6.07) is 0. The topological polar surface area (TPSA) is 64.0 Å². The number of rotatable bonds is 1. The maximum atomic E-state index is 5.25. The fraction of sp³-hybridized carbons (Fsp3) is 0.500. The van der Waals surface area contributed by atoms with E-state index in [-0.39, 0.29) is 0 Å². The second-order valence-electron chi connectivity index (χ2n) is 1.40. The molecule has 0 aliphatic heterocycles. The molecule has 0 aromatic heterocycles. The summed E-state index contributed by atoms with van der Waals surface area (Å²) in [7, 11) is 0. The normalized spacial score (nSPS) is 11.4. The second-order valence-corrected chi connectivity index (χ2v) is 1.40. The Hall–Kier alpha value is -0.860. The van der Waals surface area contributed by atoms with Gasteiger partial charge in [-0.3, -0.25) is 5.41 Å². The molecule has 0 saturated heterocycles. The van der Waals surface area contributed by atoms with Gasteiger partial charge in [-0.1, -0.05) is 0 Å². The molecule has 0 aromatic rings. The van der Waals surface area contributed by atoms with Gasteiger partial charge in [0.05, 0.1) is 0 Å². The van der Waals surface area contributed by atoms with Crippen LogP contribution < -0.4 is 11.3 Å². The van der Waals surface area contributed by atoms with Gasteiger partial charge in [-0.25, -0.2) is 0 Å². The van der Waals surface area contributed by atoms with Crippen molar-refractivity contribution in [3.8, 4) is 0 Å². The lowest BCUT2D eigenvalue weighted by Crippen LogP contribution is -2.42. The predicted molar refractivity (Wildman–Crippen MR) is 29.9 cm³/mol. The van der Waals surface area contributed by atoms with E-state index >= 15 is 0 Å². The van der Waals surface area contributed by atoms with E-state index in [9.17, 15) is 0 Å². The largest absolute Gasteiger partial charge is 0.323 e. The highest BCUT2D eigenvalue weighted by Crippen LogP contribution is 1.68. The standard InChI is InChI=1S/C4H9N3/c1-3(5)4(2)7-6/h5H,6H2,1-2H3/p+1.